The molecule has 6 rings (SSSR count). The Balaban J connectivity index is 1.22. The number of hydrogen-bond acceptors (Lipinski definition) is 10. The van der Waals surface area contributed by atoms with Gasteiger partial charge in [0, 0.05) is 37.9 Å². The lowest BCUT2D eigenvalue weighted by Crippen LogP contribution is -2.65. The molecule has 2 amide bonds. The maximum absolute atomic E-state index is 13.6. The highest BCUT2D eigenvalue weighted by molar-refractivity contribution is 6.01. The van der Waals surface area contributed by atoms with Crippen molar-refractivity contribution in [2.75, 3.05) is 4.90 Å². The Bertz CT molecular complexity index is 1720. The number of hydrogen-bond donors (Lipinski definition) is 2. The first-order valence-electron chi connectivity index (χ1n) is 15.0. The summed E-state index contributed by atoms with van der Waals surface area (Å²) < 4.78 is 22.0. The molecule has 0 aromatic heterocycles. The van der Waals surface area contributed by atoms with Crippen LogP contribution in [0.25, 0.3) is 0 Å². The molecular formula is C34H32N2O11. The average molecular weight is 645 g/mol. The van der Waals surface area contributed by atoms with Crippen LogP contribution in [0.3, 0.4) is 0 Å². The monoisotopic (exact) mass is 644 g/mol. The van der Waals surface area contributed by atoms with Crippen molar-refractivity contribution in [3.05, 3.63) is 71.8 Å². The summed E-state index contributed by atoms with van der Waals surface area (Å²) >= 11 is 0. The van der Waals surface area contributed by atoms with Gasteiger partial charge < -0.3 is 34.1 Å². The predicted octanol–water partition coefficient (Wildman–Crippen LogP) is 4.51. The molecule has 244 valence electrons. The molecule has 0 bridgehead atoms. The Labute approximate surface area is 269 Å². The highest BCUT2D eigenvalue weighted by Gasteiger charge is 2.64. The summed E-state index contributed by atoms with van der Waals surface area (Å²) in [5.41, 5.74) is 1.98. The average Bonchev–Trinajstić information content (AvgIpc) is 3.26. The molecule has 0 spiro atoms. The van der Waals surface area contributed by atoms with Crippen LogP contribution in [0.2, 0.25) is 0 Å². The number of aliphatic hydroxyl groups is 1. The summed E-state index contributed by atoms with van der Waals surface area (Å²) in [5.74, 6) is -3.09. The number of nitrogens with zero attached hydrogens (tertiary/aromatic N) is 2. The fourth-order valence-electron chi connectivity index (χ4n) is 6.85. The van der Waals surface area contributed by atoms with Crippen molar-refractivity contribution in [1.82, 2.24) is 4.90 Å². The van der Waals surface area contributed by atoms with Crippen molar-refractivity contribution in [1.29, 1.82) is 0 Å². The number of anilines is 2. The zero-order valence-electron chi connectivity index (χ0n) is 25.9. The number of rotatable bonds is 7. The third-order valence-corrected chi connectivity index (χ3v) is 8.74. The molecule has 2 saturated heterocycles. The van der Waals surface area contributed by atoms with E-state index in [-0.39, 0.29) is 47.5 Å². The highest BCUT2D eigenvalue weighted by atomic mass is 16.6. The third-order valence-electron chi connectivity index (χ3n) is 8.74. The van der Waals surface area contributed by atoms with Crippen LogP contribution in [0, 0.1) is 11.8 Å². The number of aliphatic carboxylic acids is 1. The maximum Gasteiger partial charge on any atom is 0.419 e. The van der Waals surface area contributed by atoms with Crippen LogP contribution in [-0.4, -0.2) is 63.2 Å². The number of fused-ring (bicyclic) bond motifs is 3. The first-order valence-corrected chi connectivity index (χ1v) is 15.0. The van der Waals surface area contributed by atoms with Crippen molar-refractivity contribution in [2.45, 2.75) is 58.4 Å². The second kappa shape index (κ2) is 12.1. The summed E-state index contributed by atoms with van der Waals surface area (Å²) in [4.78, 5) is 64.3. The normalized spacial score (nSPS) is 22.9. The molecule has 3 aromatic rings. The van der Waals surface area contributed by atoms with Crippen LogP contribution in [0.15, 0.2) is 60.7 Å². The van der Waals surface area contributed by atoms with Crippen molar-refractivity contribution in [3.63, 3.8) is 0 Å². The Morgan fingerprint density at radius 3 is 1.94 bits per heavy atom. The Kier molecular flexibility index (Phi) is 8.10. The van der Waals surface area contributed by atoms with Gasteiger partial charge in [0.1, 0.15) is 24.1 Å². The molecule has 2 unspecified atom stereocenters. The van der Waals surface area contributed by atoms with Gasteiger partial charge in [-0.3, -0.25) is 14.4 Å². The van der Waals surface area contributed by atoms with Crippen molar-refractivity contribution >= 4 is 41.3 Å². The summed E-state index contributed by atoms with van der Waals surface area (Å²) in [6.07, 6.45) is -1.63. The number of benzene rings is 3. The van der Waals surface area contributed by atoms with E-state index in [1.165, 1.54) is 47.9 Å². The topological polar surface area (TPSA) is 169 Å². The van der Waals surface area contributed by atoms with E-state index in [0.717, 1.165) is 5.56 Å². The van der Waals surface area contributed by atoms with E-state index < -0.39 is 48.0 Å². The number of carboxylic acids is 1. The predicted molar refractivity (Wildman–Crippen MR) is 163 cm³/mol. The highest BCUT2D eigenvalue weighted by Crippen LogP contribution is 2.52. The van der Waals surface area contributed by atoms with Gasteiger partial charge in [0.05, 0.1) is 23.4 Å². The molecule has 2 N–H and O–H groups in total. The molecule has 0 aliphatic carbocycles. The quantitative estimate of drug-likeness (QED) is 0.211. The second-order valence-corrected chi connectivity index (χ2v) is 11.9. The maximum atomic E-state index is 13.6. The molecule has 13 nitrogen and oxygen atoms in total. The van der Waals surface area contributed by atoms with Crippen molar-refractivity contribution in [3.8, 4) is 23.0 Å². The minimum Gasteiger partial charge on any atom is -0.480 e. The Morgan fingerprint density at radius 1 is 0.894 bits per heavy atom. The Morgan fingerprint density at radius 2 is 1.45 bits per heavy atom. The van der Waals surface area contributed by atoms with Crippen LogP contribution in [0.4, 0.5) is 16.2 Å². The molecule has 13 heteroatoms. The lowest BCUT2D eigenvalue weighted by atomic mass is 9.76. The first kappa shape index (κ1) is 31.5. The van der Waals surface area contributed by atoms with E-state index >= 15 is 0 Å². The van der Waals surface area contributed by atoms with Crippen LogP contribution >= 0.6 is 0 Å². The summed E-state index contributed by atoms with van der Waals surface area (Å²) in [7, 11) is 0. The van der Waals surface area contributed by atoms with Crippen molar-refractivity contribution in [2.24, 2.45) is 11.8 Å². The summed E-state index contributed by atoms with van der Waals surface area (Å²) in [6.45, 7) is 5.82. The number of carbonyl (C=O) groups is 5. The van der Waals surface area contributed by atoms with Gasteiger partial charge in [-0.25, -0.2) is 14.5 Å². The SMILES string of the molecule is CC(=O)Oc1ccc2c(c1)Oc1cc(OC(C)=O)ccc1N2C(=O)OCc1ccc(C2C(C(=O)O)N3C(=O)[C@H]([C@@H](C)O)[C@H]3[C@H]2C)cc1. The smallest absolute Gasteiger partial charge is 0.419 e. The number of carbonyl (C=O) groups excluding carboxylic acids is 4. The first-order chi connectivity index (χ1) is 22.3. The summed E-state index contributed by atoms with van der Waals surface area (Å²) in [5, 5.41) is 20.2. The minimum atomic E-state index is -1.11. The van der Waals surface area contributed by atoms with Gasteiger partial charge in [0.25, 0.3) is 0 Å². The van der Waals surface area contributed by atoms with E-state index in [1.54, 1.807) is 43.3 Å². The zero-order chi connectivity index (χ0) is 33.7. The molecule has 0 radical (unpaired) electrons. The molecule has 0 saturated carbocycles. The Hall–Kier alpha value is -5.43. The van der Waals surface area contributed by atoms with Crippen LogP contribution < -0.4 is 19.1 Å². The fourth-order valence-corrected chi connectivity index (χ4v) is 6.85. The number of ether oxygens (including phenoxy) is 4. The van der Waals surface area contributed by atoms with Gasteiger partial charge >= 0.3 is 24.0 Å². The van der Waals surface area contributed by atoms with E-state index in [1.807, 2.05) is 6.92 Å². The number of β-lactam (4-membered cyclic amide) rings is 1. The number of amides is 2. The standard InChI is InChI=1S/C34H32N2O11/c1-16-28(31(33(41)42)36-30(16)29(17(2)37)32(36)40)21-7-5-20(6-8-21)15-44-34(43)35-24-11-9-22(45-18(3)38)13-26(24)47-27-14-23(46-19(4)39)10-12-25(27)35/h5-14,16-17,28-31,37H,15H2,1-4H3,(H,41,42)/t16-,17+,28?,29+,30+,31?/m0/s1. The molecule has 3 aliphatic heterocycles. The van der Waals surface area contributed by atoms with Crippen LogP contribution in [0.5, 0.6) is 23.0 Å². The van der Waals surface area contributed by atoms with Crippen molar-refractivity contribution < 1.29 is 53.1 Å². The zero-order valence-corrected chi connectivity index (χ0v) is 25.9. The van der Waals surface area contributed by atoms with Crippen LogP contribution in [-0.2, 0) is 30.5 Å². The summed E-state index contributed by atoms with van der Waals surface area (Å²) in [6, 6.07) is 14.6. The molecule has 47 heavy (non-hydrogen) atoms. The lowest BCUT2D eigenvalue weighted by molar-refractivity contribution is -0.171. The van der Waals surface area contributed by atoms with Gasteiger partial charge in [-0.05, 0) is 48.2 Å². The largest absolute Gasteiger partial charge is 0.480 e. The van der Waals surface area contributed by atoms with E-state index in [2.05, 4.69) is 0 Å². The molecule has 2 fully saturated rings. The minimum absolute atomic E-state index is 0.127. The van der Waals surface area contributed by atoms with E-state index in [4.69, 9.17) is 18.9 Å². The molecule has 6 atom stereocenters. The van der Waals surface area contributed by atoms with Gasteiger partial charge in [-0.15, -0.1) is 0 Å². The van der Waals surface area contributed by atoms with Gasteiger partial charge in [0.15, 0.2) is 11.5 Å². The van der Waals surface area contributed by atoms with Crippen LogP contribution in [0.1, 0.15) is 44.7 Å². The van der Waals surface area contributed by atoms with Gasteiger partial charge in [-0.1, -0.05) is 31.2 Å². The molecule has 3 aromatic carbocycles. The number of aliphatic hydroxyl groups excluding tert-OH is 1. The number of esters is 2. The molecular weight excluding hydrogens is 612 g/mol. The second-order valence-electron chi connectivity index (χ2n) is 11.9. The third kappa shape index (κ3) is 5.63. The van der Waals surface area contributed by atoms with Gasteiger partial charge in [-0.2, -0.15) is 0 Å². The lowest BCUT2D eigenvalue weighted by Gasteiger charge is -2.47. The fraction of sp³-hybridized carbons (Fsp3) is 0.324. The molecule has 3 aliphatic rings. The molecule has 3 heterocycles. The number of carboxylic acid groups (broad SMARTS) is 1. The van der Waals surface area contributed by atoms with Gasteiger partial charge in [0.2, 0.25) is 5.91 Å². The van der Waals surface area contributed by atoms with E-state index in [9.17, 15) is 34.2 Å². The van der Waals surface area contributed by atoms with E-state index in [0.29, 0.717) is 16.9 Å².